The molecule has 2 nitrogen and oxygen atoms in total. The molecule has 13 heavy (non-hydrogen) atoms. The largest absolute Gasteiger partial charge is 0.492 e. The van der Waals surface area contributed by atoms with Crippen molar-refractivity contribution in [3.05, 3.63) is 23.5 Å². The van der Waals surface area contributed by atoms with Crippen molar-refractivity contribution < 1.29 is 4.74 Å². The summed E-state index contributed by atoms with van der Waals surface area (Å²) in [6, 6.07) is 1.73. The van der Waals surface area contributed by atoms with Gasteiger partial charge in [0.15, 0.2) is 0 Å². The van der Waals surface area contributed by atoms with Crippen molar-refractivity contribution in [2.75, 3.05) is 6.61 Å². The van der Waals surface area contributed by atoms with Crippen LogP contribution in [0.3, 0.4) is 0 Å². The molecule has 1 aromatic heterocycles. The Morgan fingerprint density at radius 3 is 3.08 bits per heavy atom. The summed E-state index contributed by atoms with van der Waals surface area (Å²) in [4.78, 5) is 3.89. The van der Waals surface area contributed by atoms with Crippen molar-refractivity contribution in [1.82, 2.24) is 4.98 Å². The standard InChI is InChI=1S/C10H10ClNO/c1-2-3-4-5-13-10-6-9(11)7-12-8-10/h1,6-8H,3-5H2. The van der Waals surface area contributed by atoms with E-state index in [2.05, 4.69) is 10.9 Å². The van der Waals surface area contributed by atoms with Crippen molar-refractivity contribution in [3.63, 3.8) is 0 Å². The number of terminal acetylenes is 1. The molecule has 0 radical (unpaired) electrons. The number of hydrogen-bond donors (Lipinski definition) is 0. The first-order chi connectivity index (χ1) is 6.33. The highest BCUT2D eigenvalue weighted by molar-refractivity contribution is 6.30. The molecule has 3 heteroatoms. The molecule has 0 atom stereocenters. The SMILES string of the molecule is C#CCCCOc1cncc(Cl)c1. The Kier molecular flexibility index (Phi) is 4.14. The summed E-state index contributed by atoms with van der Waals surface area (Å²) < 4.78 is 5.35. The summed E-state index contributed by atoms with van der Waals surface area (Å²) in [5, 5.41) is 0.578. The molecule has 0 fully saturated rings. The predicted octanol–water partition coefficient (Wildman–Crippen LogP) is 2.53. The van der Waals surface area contributed by atoms with Crippen LogP contribution in [-0.4, -0.2) is 11.6 Å². The molecule has 1 aromatic rings. The molecular formula is C10H10ClNO. The van der Waals surface area contributed by atoms with E-state index in [1.807, 2.05) is 0 Å². The van der Waals surface area contributed by atoms with Crippen molar-refractivity contribution in [3.8, 4) is 18.1 Å². The zero-order valence-corrected chi connectivity index (χ0v) is 7.92. The molecule has 0 N–H and O–H groups in total. The highest BCUT2D eigenvalue weighted by Gasteiger charge is 1.94. The van der Waals surface area contributed by atoms with Crippen molar-refractivity contribution in [1.29, 1.82) is 0 Å². The molecular weight excluding hydrogens is 186 g/mol. The van der Waals surface area contributed by atoms with Gasteiger partial charge in [0, 0.05) is 18.7 Å². The van der Waals surface area contributed by atoms with Crippen LogP contribution >= 0.6 is 11.6 Å². The third kappa shape index (κ3) is 3.82. The normalized spacial score (nSPS) is 9.23. The second-order valence-electron chi connectivity index (χ2n) is 2.50. The lowest BCUT2D eigenvalue weighted by molar-refractivity contribution is 0.312. The molecule has 0 spiro atoms. The lowest BCUT2D eigenvalue weighted by atomic mass is 10.3. The summed E-state index contributed by atoms with van der Waals surface area (Å²) in [6.07, 6.45) is 9.87. The molecule has 0 saturated heterocycles. The van der Waals surface area contributed by atoms with Gasteiger partial charge in [0.05, 0.1) is 17.8 Å². The van der Waals surface area contributed by atoms with E-state index in [9.17, 15) is 0 Å². The van der Waals surface area contributed by atoms with Gasteiger partial charge in [-0.05, 0) is 6.42 Å². The molecule has 0 aliphatic rings. The Morgan fingerprint density at radius 2 is 2.38 bits per heavy atom. The second-order valence-corrected chi connectivity index (χ2v) is 2.93. The maximum atomic E-state index is 5.71. The molecule has 0 unspecified atom stereocenters. The maximum absolute atomic E-state index is 5.71. The quantitative estimate of drug-likeness (QED) is 0.544. The molecule has 0 aliphatic heterocycles. The van der Waals surface area contributed by atoms with E-state index in [0.717, 1.165) is 12.8 Å². The maximum Gasteiger partial charge on any atom is 0.139 e. The number of aromatic nitrogens is 1. The van der Waals surface area contributed by atoms with Crippen molar-refractivity contribution >= 4 is 11.6 Å². The van der Waals surface area contributed by atoms with Crippen LogP contribution < -0.4 is 4.74 Å². The summed E-state index contributed by atoms with van der Waals surface area (Å²) in [5.41, 5.74) is 0. The number of ether oxygens (including phenoxy) is 1. The number of nitrogens with zero attached hydrogens (tertiary/aromatic N) is 1. The number of rotatable bonds is 4. The molecule has 68 valence electrons. The van der Waals surface area contributed by atoms with Gasteiger partial charge in [-0.25, -0.2) is 0 Å². The van der Waals surface area contributed by atoms with E-state index in [4.69, 9.17) is 22.8 Å². The summed E-state index contributed by atoms with van der Waals surface area (Å²) in [6.45, 7) is 0.603. The van der Waals surface area contributed by atoms with Crippen LogP contribution in [0.15, 0.2) is 18.5 Å². The van der Waals surface area contributed by atoms with Gasteiger partial charge in [-0.3, -0.25) is 4.98 Å². The Morgan fingerprint density at radius 1 is 1.54 bits per heavy atom. The Labute approximate surface area is 82.9 Å². The minimum Gasteiger partial charge on any atom is -0.492 e. The third-order valence-corrected chi connectivity index (χ3v) is 1.62. The van der Waals surface area contributed by atoms with Crippen LogP contribution in [0.4, 0.5) is 0 Å². The van der Waals surface area contributed by atoms with Gasteiger partial charge in [0.25, 0.3) is 0 Å². The van der Waals surface area contributed by atoms with Gasteiger partial charge in [0.2, 0.25) is 0 Å². The highest BCUT2D eigenvalue weighted by Crippen LogP contribution is 2.15. The van der Waals surface area contributed by atoms with Gasteiger partial charge in [-0.15, -0.1) is 12.3 Å². The summed E-state index contributed by atoms with van der Waals surface area (Å²) >= 11 is 5.71. The zero-order valence-electron chi connectivity index (χ0n) is 7.16. The summed E-state index contributed by atoms with van der Waals surface area (Å²) in [5.74, 6) is 3.23. The van der Waals surface area contributed by atoms with E-state index in [1.165, 1.54) is 0 Å². The second kappa shape index (κ2) is 5.45. The first-order valence-corrected chi connectivity index (χ1v) is 4.37. The average Bonchev–Trinajstić information content (AvgIpc) is 2.13. The van der Waals surface area contributed by atoms with E-state index in [1.54, 1.807) is 18.5 Å². The molecule has 1 heterocycles. The van der Waals surface area contributed by atoms with E-state index in [-0.39, 0.29) is 0 Å². The Hall–Kier alpha value is -1.20. The van der Waals surface area contributed by atoms with E-state index >= 15 is 0 Å². The smallest absolute Gasteiger partial charge is 0.139 e. The van der Waals surface area contributed by atoms with Gasteiger partial charge in [-0.2, -0.15) is 0 Å². The monoisotopic (exact) mass is 195 g/mol. The Bertz CT molecular complexity index is 306. The third-order valence-electron chi connectivity index (χ3n) is 1.41. The lowest BCUT2D eigenvalue weighted by Crippen LogP contribution is -1.96. The van der Waals surface area contributed by atoms with Crippen LogP contribution in [0.2, 0.25) is 5.02 Å². The van der Waals surface area contributed by atoms with Gasteiger partial charge in [-0.1, -0.05) is 11.6 Å². The fourth-order valence-corrected chi connectivity index (χ4v) is 0.999. The zero-order chi connectivity index (χ0) is 9.52. The van der Waals surface area contributed by atoms with Crippen LogP contribution in [0.5, 0.6) is 5.75 Å². The fourth-order valence-electron chi connectivity index (χ4n) is 0.836. The van der Waals surface area contributed by atoms with Crippen LogP contribution in [0.25, 0.3) is 0 Å². The van der Waals surface area contributed by atoms with Crippen LogP contribution in [0, 0.1) is 12.3 Å². The number of hydrogen-bond acceptors (Lipinski definition) is 2. The molecule has 1 rings (SSSR count). The number of halogens is 1. The average molecular weight is 196 g/mol. The van der Waals surface area contributed by atoms with Gasteiger partial charge >= 0.3 is 0 Å². The molecule has 0 bridgehead atoms. The van der Waals surface area contributed by atoms with Gasteiger partial charge in [0.1, 0.15) is 5.75 Å². The number of pyridine rings is 1. The summed E-state index contributed by atoms with van der Waals surface area (Å²) in [7, 11) is 0. The minimum absolute atomic E-state index is 0.578. The van der Waals surface area contributed by atoms with E-state index < -0.39 is 0 Å². The predicted molar refractivity (Wildman–Crippen MR) is 52.8 cm³/mol. The first-order valence-electron chi connectivity index (χ1n) is 4.00. The Balaban J connectivity index is 2.33. The molecule has 0 aliphatic carbocycles. The topological polar surface area (TPSA) is 22.1 Å². The van der Waals surface area contributed by atoms with E-state index in [0.29, 0.717) is 17.4 Å². The van der Waals surface area contributed by atoms with Crippen LogP contribution in [-0.2, 0) is 0 Å². The molecule has 0 saturated carbocycles. The van der Waals surface area contributed by atoms with Crippen molar-refractivity contribution in [2.45, 2.75) is 12.8 Å². The van der Waals surface area contributed by atoms with Crippen molar-refractivity contribution in [2.24, 2.45) is 0 Å². The lowest BCUT2D eigenvalue weighted by Gasteiger charge is -2.03. The first kappa shape index (κ1) is 9.88. The number of unbranched alkanes of at least 4 members (excludes halogenated alkanes) is 1. The van der Waals surface area contributed by atoms with Gasteiger partial charge < -0.3 is 4.74 Å². The minimum atomic E-state index is 0.578. The van der Waals surface area contributed by atoms with Crippen LogP contribution in [0.1, 0.15) is 12.8 Å². The fraction of sp³-hybridized carbons (Fsp3) is 0.300. The molecule has 0 aromatic carbocycles. The highest BCUT2D eigenvalue weighted by atomic mass is 35.5. The molecule has 0 amide bonds.